The van der Waals surface area contributed by atoms with E-state index in [1.54, 1.807) is 0 Å². The number of ether oxygens (including phenoxy) is 1. The Morgan fingerprint density at radius 3 is 1.73 bits per heavy atom. The fraction of sp³-hybridized carbons (Fsp3) is 0.296. The molecular weight excluding hydrogens is 471 g/mol. The minimum atomic E-state index is -2.90. The highest BCUT2D eigenvalue weighted by Gasteiger charge is 2.62. The lowest BCUT2D eigenvalue weighted by molar-refractivity contribution is -0.182. The number of alkyl halides is 2. The highest BCUT2D eigenvalue weighted by Crippen LogP contribution is 2.45. The summed E-state index contributed by atoms with van der Waals surface area (Å²) < 4.78 is 11.1. The second-order valence-corrected chi connectivity index (χ2v) is 15.1. The molecule has 1 fully saturated rings. The van der Waals surface area contributed by atoms with E-state index in [0.717, 1.165) is 15.9 Å². The van der Waals surface area contributed by atoms with Crippen molar-refractivity contribution in [2.24, 2.45) is 0 Å². The van der Waals surface area contributed by atoms with Crippen molar-refractivity contribution >= 4 is 47.9 Å². The SMILES string of the molecule is CC(C)(C)[Si](O[C@@H](Cc1ccccc1)[C@@H]1OC(=O)C1(Cl)Cl)(c1ccccc1)c1ccccc1. The smallest absolute Gasteiger partial charge is 0.347 e. The van der Waals surface area contributed by atoms with Gasteiger partial charge in [-0.3, -0.25) is 0 Å². The third-order valence-electron chi connectivity index (χ3n) is 6.23. The van der Waals surface area contributed by atoms with Crippen LogP contribution in [0.5, 0.6) is 0 Å². The summed E-state index contributed by atoms with van der Waals surface area (Å²) in [4.78, 5) is 12.1. The quantitative estimate of drug-likeness (QED) is 0.252. The number of carbonyl (C=O) groups excluding carboxylic acids is 1. The van der Waals surface area contributed by atoms with E-state index in [1.807, 2.05) is 66.7 Å². The number of carbonyl (C=O) groups is 1. The Kier molecular flexibility index (Phi) is 6.74. The molecule has 0 spiro atoms. The number of rotatable bonds is 7. The summed E-state index contributed by atoms with van der Waals surface area (Å²) in [5, 5.41) is 2.05. The number of esters is 1. The molecule has 2 atom stereocenters. The largest absolute Gasteiger partial charge is 0.453 e. The second-order valence-electron chi connectivity index (χ2n) is 9.46. The van der Waals surface area contributed by atoms with Gasteiger partial charge in [0.25, 0.3) is 12.7 Å². The average molecular weight is 500 g/mol. The van der Waals surface area contributed by atoms with E-state index < -0.39 is 30.8 Å². The molecule has 0 saturated carbocycles. The molecule has 0 amide bonds. The molecule has 0 unspecified atom stereocenters. The molecule has 4 rings (SSSR count). The molecule has 3 nitrogen and oxygen atoms in total. The van der Waals surface area contributed by atoms with Crippen LogP contribution in [-0.4, -0.2) is 30.8 Å². The molecule has 6 heteroatoms. The Balaban J connectivity index is 1.87. The Morgan fingerprint density at radius 2 is 1.33 bits per heavy atom. The van der Waals surface area contributed by atoms with Crippen LogP contribution in [0.1, 0.15) is 26.3 Å². The number of cyclic esters (lactones) is 1. The van der Waals surface area contributed by atoms with E-state index in [-0.39, 0.29) is 5.04 Å². The van der Waals surface area contributed by atoms with E-state index in [1.165, 1.54) is 0 Å². The van der Waals surface area contributed by atoms with Gasteiger partial charge in [-0.2, -0.15) is 0 Å². The van der Waals surface area contributed by atoms with Gasteiger partial charge in [0.05, 0.1) is 6.10 Å². The minimum Gasteiger partial charge on any atom is -0.453 e. The van der Waals surface area contributed by atoms with Crippen LogP contribution in [0.25, 0.3) is 0 Å². The second kappa shape index (κ2) is 9.26. The maximum Gasteiger partial charge on any atom is 0.347 e. The van der Waals surface area contributed by atoms with Gasteiger partial charge in [0.1, 0.15) is 0 Å². The Morgan fingerprint density at radius 1 is 0.879 bits per heavy atom. The zero-order valence-corrected chi connectivity index (χ0v) is 21.5. The van der Waals surface area contributed by atoms with Gasteiger partial charge < -0.3 is 9.16 Å². The first-order valence-corrected chi connectivity index (χ1v) is 13.7. The maximum atomic E-state index is 12.1. The van der Waals surface area contributed by atoms with Crippen molar-refractivity contribution < 1.29 is 14.0 Å². The Bertz CT molecular complexity index is 1040. The molecule has 1 aliphatic heterocycles. The molecule has 33 heavy (non-hydrogen) atoms. The van der Waals surface area contributed by atoms with Crippen LogP contribution in [-0.2, 0) is 20.4 Å². The molecule has 0 radical (unpaired) electrons. The van der Waals surface area contributed by atoms with Gasteiger partial charge in [0, 0.05) is 6.42 Å². The first-order chi connectivity index (χ1) is 15.7. The molecule has 0 N–H and O–H groups in total. The summed E-state index contributed by atoms with van der Waals surface area (Å²) in [6.07, 6.45) is -0.772. The van der Waals surface area contributed by atoms with Gasteiger partial charge in [-0.15, -0.1) is 0 Å². The van der Waals surface area contributed by atoms with Gasteiger partial charge in [0.15, 0.2) is 6.10 Å². The maximum absolute atomic E-state index is 12.1. The molecule has 3 aromatic rings. The topological polar surface area (TPSA) is 35.5 Å². The van der Waals surface area contributed by atoms with E-state index >= 15 is 0 Å². The average Bonchev–Trinajstić information content (AvgIpc) is 2.81. The molecule has 0 bridgehead atoms. The molecule has 1 saturated heterocycles. The van der Waals surface area contributed by atoms with Crippen molar-refractivity contribution in [1.29, 1.82) is 0 Å². The van der Waals surface area contributed by atoms with Crippen LogP contribution >= 0.6 is 23.2 Å². The lowest BCUT2D eigenvalue weighted by Gasteiger charge is -2.49. The number of benzene rings is 3. The molecule has 0 aliphatic carbocycles. The van der Waals surface area contributed by atoms with Crippen molar-refractivity contribution in [3.05, 3.63) is 96.6 Å². The third-order valence-corrected chi connectivity index (χ3v) is 12.0. The number of halogens is 2. The first kappa shape index (κ1) is 24.0. The summed E-state index contributed by atoms with van der Waals surface area (Å²) in [6.45, 7) is 6.63. The molecule has 3 aromatic carbocycles. The van der Waals surface area contributed by atoms with Crippen molar-refractivity contribution in [2.45, 2.75) is 48.8 Å². The summed E-state index contributed by atoms with van der Waals surface area (Å²) in [6, 6.07) is 30.7. The third kappa shape index (κ3) is 4.50. The molecule has 172 valence electrons. The van der Waals surface area contributed by atoms with Gasteiger partial charge in [0.2, 0.25) is 0 Å². The lowest BCUT2D eigenvalue weighted by atomic mass is 9.98. The molecule has 1 heterocycles. The van der Waals surface area contributed by atoms with E-state index in [2.05, 4.69) is 45.0 Å². The fourth-order valence-electron chi connectivity index (χ4n) is 4.61. The van der Waals surface area contributed by atoms with E-state index in [4.69, 9.17) is 32.4 Å². The molecular formula is C27H28Cl2O3Si. The van der Waals surface area contributed by atoms with E-state index in [9.17, 15) is 4.79 Å². The van der Waals surface area contributed by atoms with Crippen LogP contribution < -0.4 is 10.4 Å². The summed E-state index contributed by atoms with van der Waals surface area (Å²) in [7, 11) is -2.90. The van der Waals surface area contributed by atoms with Gasteiger partial charge in [-0.25, -0.2) is 4.79 Å². The number of hydrogen-bond acceptors (Lipinski definition) is 3. The van der Waals surface area contributed by atoms with Crippen molar-refractivity contribution in [3.8, 4) is 0 Å². The van der Waals surface area contributed by atoms with Crippen molar-refractivity contribution in [2.75, 3.05) is 0 Å². The van der Waals surface area contributed by atoms with Crippen LogP contribution in [0.4, 0.5) is 0 Å². The van der Waals surface area contributed by atoms with Crippen LogP contribution in [0, 0.1) is 0 Å². The molecule has 0 aromatic heterocycles. The summed E-state index contributed by atoms with van der Waals surface area (Å²) in [5.74, 6) is -0.625. The van der Waals surface area contributed by atoms with E-state index in [0.29, 0.717) is 6.42 Å². The highest BCUT2D eigenvalue weighted by molar-refractivity contribution is 6.99. The zero-order valence-electron chi connectivity index (χ0n) is 19.0. The normalized spacial score (nSPS) is 18.8. The van der Waals surface area contributed by atoms with Crippen LogP contribution in [0.3, 0.4) is 0 Å². The minimum absolute atomic E-state index is 0.236. The lowest BCUT2D eigenvalue weighted by Crippen LogP contribution is -2.71. The fourth-order valence-corrected chi connectivity index (χ4v) is 9.75. The van der Waals surface area contributed by atoms with Crippen LogP contribution in [0.15, 0.2) is 91.0 Å². The summed E-state index contributed by atoms with van der Waals surface area (Å²) >= 11 is 12.9. The predicted molar refractivity (Wildman–Crippen MR) is 137 cm³/mol. The van der Waals surface area contributed by atoms with Crippen molar-refractivity contribution in [3.63, 3.8) is 0 Å². The van der Waals surface area contributed by atoms with Crippen LogP contribution in [0.2, 0.25) is 5.04 Å². The van der Waals surface area contributed by atoms with Gasteiger partial charge >= 0.3 is 5.97 Å². The highest BCUT2D eigenvalue weighted by atomic mass is 35.5. The monoisotopic (exact) mass is 498 g/mol. The molecule has 1 aliphatic rings. The Labute approximate surface area is 206 Å². The number of hydrogen-bond donors (Lipinski definition) is 0. The van der Waals surface area contributed by atoms with Gasteiger partial charge in [-0.05, 0) is 21.0 Å². The standard InChI is InChI=1S/C27H28Cl2O3Si/c1-26(2,3)33(21-15-9-5-10-16-21,22-17-11-6-12-18-22)32-23(19-20-13-7-4-8-14-20)24-27(28,29)25(30)31-24/h4-18,23-24H,19H2,1-3H3/t23-,24-/m0/s1. The predicted octanol–water partition coefficient (Wildman–Crippen LogP) is 5.27. The first-order valence-electron chi connectivity index (χ1n) is 11.1. The summed E-state index contributed by atoms with van der Waals surface area (Å²) in [5.41, 5.74) is 1.06. The van der Waals surface area contributed by atoms with Crippen molar-refractivity contribution in [1.82, 2.24) is 0 Å². The zero-order chi connectivity index (χ0) is 23.7. The Hall–Kier alpha value is -2.11. The van der Waals surface area contributed by atoms with Gasteiger partial charge in [-0.1, -0.05) is 135 Å².